The van der Waals surface area contributed by atoms with Crippen LogP contribution in [0.15, 0.2) is 12.4 Å². The van der Waals surface area contributed by atoms with Gasteiger partial charge >= 0.3 is 17.6 Å². The van der Waals surface area contributed by atoms with Gasteiger partial charge in [-0.3, -0.25) is 0 Å². The Labute approximate surface area is 66.5 Å². The normalized spacial score (nSPS) is 9.33. The lowest BCUT2D eigenvalue weighted by atomic mass is 10.3. The number of rotatable bonds is 2. The van der Waals surface area contributed by atoms with E-state index in [-0.39, 0.29) is 0 Å². The minimum Gasteiger partial charge on any atom is -0.476 e. The molecule has 1 aromatic rings. The number of nitrogens with one attached hydrogen (secondary N) is 1. The van der Waals surface area contributed by atoms with Gasteiger partial charge in [0.05, 0.1) is 6.20 Å². The van der Waals surface area contributed by atoms with Crippen molar-refractivity contribution in [3.8, 4) is 0 Å². The minimum absolute atomic E-state index is 0.426. The topological polar surface area (TPSA) is 102 Å². The molecule has 0 amide bonds. The van der Waals surface area contributed by atoms with E-state index in [1.54, 1.807) is 0 Å². The molecule has 3 N–H and O–H groups in total. The highest BCUT2D eigenvalue weighted by Gasteiger charge is 2.23. The summed E-state index contributed by atoms with van der Waals surface area (Å²) in [6.45, 7) is 0. The van der Waals surface area contributed by atoms with Gasteiger partial charge in [0.15, 0.2) is 6.20 Å². The molecule has 62 valence electrons. The molecule has 6 nitrogen and oxygen atoms in total. The molecule has 0 aliphatic carbocycles. The zero-order chi connectivity index (χ0) is 9.14. The van der Waals surface area contributed by atoms with E-state index in [4.69, 9.17) is 10.2 Å². The molecular formula is C6H5N2O4+. The van der Waals surface area contributed by atoms with Gasteiger partial charge in [-0.2, -0.15) is 0 Å². The Morgan fingerprint density at radius 3 is 2.42 bits per heavy atom. The van der Waals surface area contributed by atoms with E-state index in [0.717, 1.165) is 0 Å². The van der Waals surface area contributed by atoms with Crippen molar-refractivity contribution in [3.63, 3.8) is 0 Å². The molecule has 0 radical (unpaired) electrons. The standard InChI is InChI=1S/C6H4N2O4/c9-5(10)3-4(6(11)12)8-2-1-7-3/h1-2H,(H,9,10)(H,11,12)/p+1. The smallest absolute Gasteiger partial charge is 0.403 e. The van der Waals surface area contributed by atoms with Crippen molar-refractivity contribution in [2.75, 3.05) is 0 Å². The molecule has 1 rings (SSSR count). The quantitative estimate of drug-likeness (QED) is 0.609. The number of hydrogen-bond acceptors (Lipinski definition) is 3. The number of carboxylic acid groups (broad SMARTS) is 2. The first-order valence-electron chi connectivity index (χ1n) is 2.96. The van der Waals surface area contributed by atoms with Crippen LogP contribution in [0.5, 0.6) is 0 Å². The fourth-order valence-corrected chi connectivity index (χ4v) is 0.690. The Morgan fingerprint density at radius 1 is 1.33 bits per heavy atom. The highest BCUT2D eigenvalue weighted by atomic mass is 16.4. The van der Waals surface area contributed by atoms with Crippen LogP contribution in [0.3, 0.4) is 0 Å². The van der Waals surface area contributed by atoms with Crippen molar-refractivity contribution in [2.24, 2.45) is 0 Å². The van der Waals surface area contributed by atoms with Crippen molar-refractivity contribution in [1.82, 2.24) is 4.98 Å². The minimum atomic E-state index is -1.37. The summed E-state index contributed by atoms with van der Waals surface area (Å²) < 4.78 is 0. The molecule has 0 saturated heterocycles. The largest absolute Gasteiger partial charge is 0.476 e. The second-order valence-corrected chi connectivity index (χ2v) is 1.92. The lowest BCUT2D eigenvalue weighted by Crippen LogP contribution is -2.22. The first-order valence-corrected chi connectivity index (χ1v) is 2.96. The van der Waals surface area contributed by atoms with E-state index in [2.05, 4.69) is 9.97 Å². The van der Waals surface area contributed by atoms with Gasteiger partial charge in [0.2, 0.25) is 5.69 Å². The molecule has 1 aromatic heterocycles. The van der Waals surface area contributed by atoms with Crippen LogP contribution in [0, 0.1) is 0 Å². The molecule has 6 heteroatoms. The van der Waals surface area contributed by atoms with Crippen LogP contribution in [-0.2, 0) is 0 Å². The second kappa shape index (κ2) is 2.95. The predicted octanol–water partition coefficient (Wildman–Crippen LogP) is -0.708. The number of hydrogen-bond donors (Lipinski definition) is 2. The fourth-order valence-electron chi connectivity index (χ4n) is 0.690. The van der Waals surface area contributed by atoms with Gasteiger partial charge in [0, 0.05) is 0 Å². The summed E-state index contributed by atoms with van der Waals surface area (Å²) in [7, 11) is 0. The summed E-state index contributed by atoms with van der Waals surface area (Å²) in [6.07, 6.45) is 2.42. The average Bonchev–Trinajstić information content (AvgIpc) is 2.04. The van der Waals surface area contributed by atoms with Crippen molar-refractivity contribution in [3.05, 3.63) is 23.8 Å². The monoisotopic (exact) mass is 169 g/mol. The van der Waals surface area contributed by atoms with Crippen molar-refractivity contribution in [1.29, 1.82) is 0 Å². The van der Waals surface area contributed by atoms with Crippen LogP contribution in [0.25, 0.3) is 0 Å². The molecule has 12 heavy (non-hydrogen) atoms. The van der Waals surface area contributed by atoms with E-state index in [9.17, 15) is 9.59 Å². The lowest BCUT2D eigenvalue weighted by Gasteiger charge is -1.90. The summed E-state index contributed by atoms with van der Waals surface area (Å²) in [6, 6.07) is 0. The molecule has 0 fully saturated rings. The Hall–Kier alpha value is -1.98. The number of aromatic carboxylic acids is 2. The van der Waals surface area contributed by atoms with Crippen molar-refractivity contribution < 1.29 is 24.8 Å². The zero-order valence-corrected chi connectivity index (χ0v) is 5.81. The van der Waals surface area contributed by atoms with Gasteiger partial charge in [0.25, 0.3) is 0 Å². The number of nitrogens with zero attached hydrogens (tertiary/aromatic N) is 1. The number of carboxylic acids is 2. The summed E-state index contributed by atoms with van der Waals surface area (Å²) in [5, 5.41) is 16.9. The maximum atomic E-state index is 10.4. The Kier molecular flexibility index (Phi) is 2.00. The summed E-state index contributed by atoms with van der Waals surface area (Å²) in [5.41, 5.74) is -0.921. The molecule has 0 bridgehead atoms. The molecule has 0 atom stereocenters. The third-order valence-electron chi connectivity index (χ3n) is 1.16. The summed E-state index contributed by atoms with van der Waals surface area (Å²) >= 11 is 0. The van der Waals surface area contributed by atoms with E-state index in [1.165, 1.54) is 12.4 Å². The van der Waals surface area contributed by atoms with Gasteiger partial charge in [-0.1, -0.05) is 0 Å². The first kappa shape index (κ1) is 8.12. The summed E-state index contributed by atoms with van der Waals surface area (Å²) in [5.74, 6) is -2.72. The molecule has 1 heterocycles. The van der Waals surface area contributed by atoms with Crippen molar-refractivity contribution >= 4 is 11.9 Å². The molecule has 0 aliphatic rings. The number of aromatic nitrogens is 2. The second-order valence-electron chi connectivity index (χ2n) is 1.92. The Bertz CT molecular complexity index is 303. The SMILES string of the molecule is O=C(O)c1ncc[nH+]c1C(=O)O. The molecule has 0 aliphatic heterocycles. The van der Waals surface area contributed by atoms with E-state index in [1.807, 2.05) is 0 Å². The van der Waals surface area contributed by atoms with E-state index < -0.39 is 23.3 Å². The maximum Gasteiger partial charge on any atom is 0.403 e. The van der Waals surface area contributed by atoms with Gasteiger partial charge in [0.1, 0.15) is 0 Å². The van der Waals surface area contributed by atoms with Gasteiger partial charge < -0.3 is 10.2 Å². The van der Waals surface area contributed by atoms with Gasteiger partial charge in [-0.25, -0.2) is 19.6 Å². The molecule has 0 unspecified atom stereocenters. The average molecular weight is 169 g/mol. The van der Waals surface area contributed by atoms with Crippen LogP contribution < -0.4 is 4.98 Å². The van der Waals surface area contributed by atoms with Gasteiger partial charge in [-0.05, 0) is 0 Å². The van der Waals surface area contributed by atoms with Crippen LogP contribution in [0.4, 0.5) is 0 Å². The predicted molar refractivity (Wildman–Crippen MR) is 34.7 cm³/mol. The number of H-pyrrole nitrogens is 1. The lowest BCUT2D eigenvalue weighted by molar-refractivity contribution is -0.384. The number of carbonyl (C=O) groups is 2. The first-order chi connectivity index (χ1) is 5.63. The van der Waals surface area contributed by atoms with Crippen molar-refractivity contribution in [2.45, 2.75) is 0 Å². The third-order valence-corrected chi connectivity index (χ3v) is 1.16. The highest BCUT2D eigenvalue weighted by molar-refractivity contribution is 5.97. The van der Waals surface area contributed by atoms with E-state index in [0.29, 0.717) is 0 Å². The zero-order valence-electron chi connectivity index (χ0n) is 5.81. The van der Waals surface area contributed by atoms with Crippen LogP contribution in [-0.4, -0.2) is 27.1 Å². The fraction of sp³-hybridized carbons (Fsp3) is 0. The highest BCUT2D eigenvalue weighted by Crippen LogP contribution is 1.96. The molecule has 0 aromatic carbocycles. The van der Waals surface area contributed by atoms with Crippen LogP contribution in [0.1, 0.15) is 21.0 Å². The molecule has 0 spiro atoms. The molecule has 0 saturated carbocycles. The van der Waals surface area contributed by atoms with Gasteiger partial charge in [-0.15, -0.1) is 0 Å². The van der Waals surface area contributed by atoms with Crippen LogP contribution >= 0.6 is 0 Å². The Morgan fingerprint density at radius 2 is 2.00 bits per heavy atom. The Balaban J connectivity index is 3.27. The maximum absolute atomic E-state index is 10.4. The van der Waals surface area contributed by atoms with Crippen LogP contribution in [0.2, 0.25) is 0 Å². The number of aromatic amines is 1. The van der Waals surface area contributed by atoms with E-state index >= 15 is 0 Å². The molecular weight excluding hydrogens is 164 g/mol. The third kappa shape index (κ3) is 1.36. The summed E-state index contributed by atoms with van der Waals surface area (Å²) in [4.78, 5) is 26.4.